The van der Waals surface area contributed by atoms with Crippen molar-refractivity contribution in [3.05, 3.63) is 80.3 Å². The van der Waals surface area contributed by atoms with E-state index in [4.69, 9.17) is 4.74 Å². The minimum absolute atomic E-state index is 0.00612. The summed E-state index contributed by atoms with van der Waals surface area (Å²) in [7, 11) is 1.21. The minimum atomic E-state index is -4.54. The highest BCUT2D eigenvalue weighted by Gasteiger charge is 2.42. The second-order valence-corrected chi connectivity index (χ2v) is 8.63. The molecule has 0 bridgehead atoms. The van der Waals surface area contributed by atoms with Crippen molar-refractivity contribution < 1.29 is 27.5 Å². The Morgan fingerprint density at radius 3 is 2.61 bits per heavy atom. The maximum Gasteiger partial charge on any atom is 0.416 e. The highest BCUT2D eigenvalue weighted by Crippen LogP contribution is 2.46. The molecule has 1 aromatic heterocycles. The number of alkyl halides is 3. The Hall–Kier alpha value is -2.87. The van der Waals surface area contributed by atoms with E-state index < -0.39 is 23.6 Å². The number of nitrogens with one attached hydrogen (secondary N) is 1. The topological polar surface area (TPSA) is 55.4 Å². The second kappa shape index (κ2) is 8.00. The Kier molecular flexibility index (Phi) is 5.51. The lowest BCUT2D eigenvalue weighted by Gasteiger charge is -2.36. The number of allylic oxidation sites excluding steroid dienone is 3. The van der Waals surface area contributed by atoms with Crippen LogP contribution in [0.1, 0.15) is 47.6 Å². The van der Waals surface area contributed by atoms with Crippen LogP contribution in [0.3, 0.4) is 0 Å². The number of rotatable bonds is 3. The van der Waals surface area contributed by atoms with Crippen molar-refractivity contribution in [2.45, 2.75) is 37.8 Å². The Balaban J connectivity index is 1.85. The summed E-state index contributed by atoms with van der Waals surface area (Å²) in [6.45, 7) is 1.68. The van der Waals surface area contributed by atoms with Crippen molar-refractivity contribution in [1.29, 1.82) is 0 Å². The number of methoxy groups -OCH3 is 1. The van der Waals surface area contributed by atoms with Crippen molar-refractivity contribution in [3.8, 4) is 0 Å². The number of Topliss-reactive ketones (excluding diaryl/α,β-unsaturated/α-hetero) is 1. The van der Waals surface area contributed by atoms with Crippen molar-refractivity contribution >= 4 is 23.1 Å². The molecule has 0 amide bonds. The van der Waals surface area contributed by atoms with E-state index in [1.54, 1.807) is 18.3 Å². The number of ketones is 1. The Bertz CT molecular complexity index is 1100. The summed E-state index contributed by atoms with van der Waals surface area (Å²) >= 11 is 1.57. The third kappa shape index (κ3) is 3.92. The number of carbonyl (C=O) groups excluding carboxylic acids is 2. The van der Waals surface area contributed by atoms with Gasteiger partial charge in [-0.2, -0.15) is 13.2 Å². The average Bonchev–Trinajstić information content (AvgIpc) is 3.26. The van der Waals surface area contributed by atoms with Crippen molar-refractivity contribution in [2.24, 2.45) is 0 Å². The molecular weight excluding hydrogens is 427 g/mol. The zero-order chi connectivity index (χ0) is 22.3. The molecule has 4 nitrogen and oxygen atoms in total. The van der Waals surface area contributed by atoms with E-state index in [9.17, 15) is 22.8 Å². The zero-order valence-electron chi connectivity index (χ0n) is 16.9. The molecule has 2 aromatic rings. The third-order valence-electron chi connectivity index (χ3n) is 5.73. The molecule has 0 radical (unpaired) electrons. The number of hydrogen-bond donors (Lipinski definition) is 1. The van der Waals surface area contributed by atoms with Crippen LogP contribution in [-0.2, 0) is 20.5 Å². The van der Waals surface area contributed by atoms with Gasteiger partial charge < -0.3 is 10.1 Å². The van der Waals surface area contributed by atoms with Gasteiger partial charge in [0.25, 0.3) is 0 Å². The van der Waals surface area contributed by atoms with Crippen molar-refractivity contribution in [1.82, 2.24) is 5.32 Å². The number of ether oxygens (including phenoxy) is 1. The molecule has 1 N–H and O–H groups in total. The largest absolute Gasteiger partial charge is 0.466 e. The maximum atomic E-state index is 13.4. The normalized spacial score (nSPS) is 21.6. The number of esters is 1. The smallest absolute Gasteiger partial charge is 0.416 e. The standard InChI is InChI=1S/C23H20F3NO3S/c1-12-19(22(29)30-2)20(13-5-3-6-15(9-13)23(24,25)26)21-16(27-12)10-14(11-17(21)28)18-7-4-8-31-18/h3-9,14,20,27H,10-11H2,1-2H3/t14-,20+/m0/s1. The molecule has 0 unspecified atom stereocenters. The van der Waals surface area contributed by atoms with E-state index >= 15 is 0 Å². The van der Waals surface area contributed by atoms with Crippen LogP contribution in [0.5, 0.6) is 0 Å². The van der Waals surface area contributed by atoms with Crippen LogP contribution in [0.25, 0.3) is 0 Å². The summed E-state index contributed by atoms with van der Waals surface area (Å²) in [4.78, 5) is 27.0. The molecule has 0 saturated carbocycles. The monoisotopic (exact) mass is 447 g/mol. The highest BCUT2D eigenvalue weighted by atomic mass is 32.1. The number of hydrogen-bond acceptors (Lipinski definition) is 5. The quantitative estimate of drug-likeness (QED) is 0.649. The molecule has 1 aromatic carbocycles. The first-order valence-corrected chi connectivity index (χ1v) is 10.6. The summed E-state index contributed by atoms with van der Waals surface area (Å²) in [5.74, 6) is -1.77. The molecule has 2 heterocycles. The van der Waals surface area contributed by atoms with Gasteiger partial charge in [-0.05, 0) is 36.4 Å². The van der Waals surface area contributed by atoms with Gasteiger partial charge in [0.05, 0.1) is 18.2 Å². The summed E-state index contributed by atoms with van der Waals surface area (Å²) in [6.07, 6.45) is -3.75. The fourth-order valence-corrected chi connectivity index (χ4v) is 5.20. The molecule has 31 heavy (non-hydrogen) atoms. The van der Waals surface area contributed by atoms with Crippen molar-refractivity contribution in [3.63, 3.8) is 0 Å². The van der Waals surface area contributed by atoms with Gasteiger partial charge in [0.1, 0.15) is 0 Å². The number of halogens is 3. The Morgan fingerprint density at radius 1 is 1.19 bits per heavy atom. The lowest BCUT2D eigenvalue weighted by atomic mass is 9.72. The maximum absolute atomic E-state index is 13.4. The number of thiophene rings is 1. The van der Waals surface area contributed by atoms with Gasteiger partial charge in [-0.1, -0.05) is 24.3 Å². The molecule has 0 spiro atoms. The molecule has 0 fully saturated rings. The molecule has 162 valence electrons. The predicted octanol–water partition coefficient (Wildman–Crippen LogP) is 5.30. The first-order valence-electron chi connectivity index (χ1n) is 9.73. The molecule has 2 aliphatic rings. The van der Waals surface area contributed by atoms with Gasteiger partial charge in [-0.15, -0.1) is 11.3 Å². The average molecular weight is 447 g/mol. The first kappa shape index (κ1) is 21.4. The summed E-state index contributed by atoms with van der Waals surface area (Å²) in [6, 6.07) is 8.70. The second-order valence-electron chi connectivity index (χ2n) is 7.65. The SMILES string of the molecule is COC(=O)C1=C(C)NC2=C(C(=O)C[C@@H](c3cccs3)C2)[C@@H]1c1cccc(C(F)(F)F)c1. The first-order chi connectivity index (χ1) is 14.7. The Labute approximate surface area is 181 Å². The van der Waals surface area contributed by atoms with Gasteiger partial charge in [0.15, 0.2) is 5.78 Å². The molecule has 1 aliphatic heterocycles. The van der Waals surface area contributed by atoms with E-state index in [-0.39, 0.29) is 29.3 Å². The third-order valence-corrected chi connectivity index (χ3v) is 6.76. The summed E-state index contributed by atoms with van der Waals surface area (Å²) < 4.78 is 45.0. The fraction of sp³-hybridized carbons (Fsp3) is 0.304. The number of benzene rings is 1. The lowest BCUT2D eigenvalue weighted by molar-refractivity contribution is -0.137. The van der Waals surface area contributed by atoms with E-state index in [1.165, 1.54) is 19.2 Å². The minimum Gasteiger partial charge on any atom is -0.466 e. The van der Waals surface area contributed by atoms with Crippen LogP contribution >= 0.6 is 11.3 Å². The van der Waals surface area contributed by atoms with Gasteiger partial charge >= 0.3 is 12.1 Å². The zero-order valence-corrected chi connectivity index (χ0v) is 17.7. The fourth-order valence-electron chi connectivity index (χ4n) is 4.37. The van der Waals surface area contributed by atoms with Crippen molar-refractivity contribution in [2.75, 3.05) is 7.11 Å². The number of carbonyl (C=O) groups is 2. The Morgan fingerprint density at radius 2 is 1.97 bits per heavy atom. The van der Waals surface area contributed by atoms with Gasteiger partial charge in [-0.3, -0.25) is 4.79 Å². The molecule has 8 heteroatoms. The molecule has 0 saturated heterocycles. The summed E-state index contributed by atoms with van der Waals surface area (Å²) in [5, 5.41) is 5.12. The van der Waals surface area contributed by atoms with Gasteiger partial charge in [0.2, 0.25) is 0 Å². The molecular formula is C23H20F3NO3S. The number of dihydropyridines is 1. The van der Waals surface area contributed by atoms with Crippen LogP contribution < -0.4 is 5.32 Å². The van der Waals surface area contributed by atoms with E-state index in [2.05, 4.69) is 5.32 Å². The molecule has 4 rings (SSSR count). The molecule has 1 aliphatic carbocycles. The van der Waals surface area contributed by atoms with Gasteiger partial charge in [0, 0.05) is 40.1 Å². The predicted molar refractivity (Wildman–Crippen MR) is 110 cm³/mol. The van der Waals surface area contributed by atoms with E-state index in [0.717, 1.165) is 17.0 Å². The van der Waals surface area contributed by atoms with E-state index in [1.807, 2.05) is 17.5 Å². The van der Waals surface area contributed by atoms with Crippen LogP contribution in [0.15, 0.2) is 64.3 Å². The summed E-state index contributed by atoms with van der Waals surface area (Å²) in [5.41, 5.74) is 1.05. The van der Waals surface area contributed by atoms with Crippen LogP contribution in [-0.4, -0.2) is 18.9 Å². The van der Waals surface area contributed by atoms with Crippen LogP contribution in [0.2, 0.25) is 0 Å². The van der Waals surface area contributed by atoms with Crippen LogP contribution in [0, 0.1) is 0 Å². The molecule has 2 atom stereocenters. The van der Waals surface area contributed by atoms with Crippen LogP contribution in [0.4, 0.5) is 13.2 Å². The van der Waals surface area contributed by atoms with E-state index in [0.29, 0.717) is 23.4 Å². The highest BCUT2D eigenvalue weighted by molar-refractivity contribution is 7.10. The lowest BCUT2D eigenvalue weighted by Crippen LogP contribution is -2.36. The van der Waals surface area contributed by atoms with Gasteiger partial charge in [-0.25, -0.2) is 4.79 Å².